The Morgan fingerprint density at radius 1 is 0.333 bits per heavy atom. The highest BCUT2D eigenvalue weighted by molar-refractivity contribution is 6.23. The van der Waals surface area contributed by atoms with E-state index in [1.807, 2.05) is 60.7 Å². The van der Waals surface area contributed by atoms with Crippen molar-refractivity contribution in [1.29, 1.82) is 0 Å². The van der Waals surface area contributed by atoms with Gasteiger partial charge in [-0.05, 0) is 57.4 Å². The third kappa shape index (κ3) is 4.96. The highest BCUT2D eigenvalue weighted by Gasteiger charge is 2.19. The summed E-state index contributed by atoms with van der Waals surface area (Å²) in [5, 5.41) is 7.46. The molecule has 0 aliphatic rings. The van der Waals surface area contributed by atoms with Gasteiger partial charge < -0.3 is 4.57 Å². The molecule has 238 valence electrons. The molecule has 0 aliphatic carbocycles. The molecule has 0 bridgehead atoms. The first-order chi connectivity index (χ1) is 25.3. The average Bonchev–Trinajstić information content (AvgIpc) is 3.54. The van der Waals surface area contributed by atoms with Crippen LogP contribution in [-0.2, 0) is 0 Å². The molecule has 0 radical (unpaired) electrons. The molecule has 0 fully saturated rings. The van der Waals surface area contributed by atoms with Crippen molar-refractivity contribution in [3.05, 3.63) is 182 Å². The molecule has 4 nitrogen and oxygen atoms in total. The molecule has 0 N–H and O–H groups in total. The van der Waals surface area contributed by atoms with Crippen molar-refractivity contribution in [1.82, 2.24) is 19.5 Å². The van der Waals surface area contributed by atoms with Gasteiger partial charge in [0.1, 0.15) is 0 Å². The van der Waals surface area contributed by atoms with Crippen molar-refractivity contribution >= 4 is 43.4 Å². The van der Waals surface area contributed by atoms with E-state index in [9.17, 15) is 0 Å². The van der Waals surface area contributed by atoms with E-state index in [1.54, 1.807) is 0 Å². The topological polar surface area (TPSA) is 43.6 Å². The van der Waals surface area contributed by atoms with Crippen molar-refractivity contribution in [2.45, 2.75) is 0 Å². The molecular weight excluding hydrogens is 621 g/mol. The Labute approximate surface area is 295 Å². The number of nitrogens with zero attached hydrogens (tertiary/aromatic N) is 4. The van der Waals surface area contributed by atoms with Gasteiger partial charge in [-0.2, -0.15) is 0 Å². The molecule has 2 heterocycles. The maximum atomic E-state index is 5.02. The SMILES string of the molecule is c1ccc(-c2nc(-c3ccccc3)nc(-c3cccc(-c4ccccc4-n4c5cc6ccccc6cc5c5c6ccccc6ccc54)c3)n2)cc1. The van der Waals surface area contributed by atoms with Crippen molar-refractivity contribution < 1.29 is 0 Å². The second kappa shape index (κ2) is 11.9. The van der Waals surface area contributed by atoms with E-state index in [-0.39, 0.29) is 0 Å². The predicted molar refractivity (Wildman–Crippen MR) is 211 cm³/mol. The Morgan fingerprint density at radius 3 is 1.61 bits per heavy atom. The van der Waals surface area contributed by atoms with Crippen LogP contribution < -0.4 is 0 Å². The fourth-order valence-electron chi connectivity index (χ4n) is 7.41. The van der Waals surface area contributed by atoms with Crippen LogP contribution in [0.1, 0.15) is 0 Å². The number of rotatable bonds is 5. The van der Waals surface area contributed by atoms with Crippen LogP contribution in [0.5, 0.6) is 0 Å². The molecule has 10 aromatic rings. The van der Waals surface area contributed by atoms with Crippen LogP contribution in [0.3, 0.4) is 0 Å². The summed E-state index contributed by atoms with van der Waals surface area (Å²) in [6, 6.07) is 64.0. The van der Waals surface area contributed by atoms with E-state index < -0.39 is 0 Å². The van der Waals surface area contributed by atoms with Crippen LogP contribution in [0.25, 0.3) is 94.3 Å². The van der Waals surface area contributed by atoms with Gasteiger partial charge in [-0.15, -0.1) is 0 Å². The number of fused-ring (bicyclic) bond motifs is 6. The lowest BCUT2D eigenvalue weighted by Crippen LogP contribution is -2.00. The molecule has 2 aromatic heterocycles. The smallest absolute Gasteiger partial charge is 0.164 e. The molecule has 0 aliphatic heterocycles. The lowest BCUT2D eigenvalue weighted by molar-refractivity contribution is 1.07. The Balaban J connectivity index is 1.19. The molecule has 0 spiro atoms. The maximum absolute atomic E-state index is 5.02. The van der Waals surface area contributed by atoms with Gasteiger partial charge in [0.15, 0.2) is 17.5 Å². The molecule has 4 heteroatoms. The summed E-state index contributed by atoms with van der Waals surface area (Å²) in [6.07, 6.45) is 0. The van der Waals surface area contributed by atoms with Gasteiger partial charge in [-0.3, -0.25) is 0 Å². The van der Waals surface area contributed by atoms with Crippen LogP contribution in [0, 0.1) is 0 Å². The van der Waals surface area contributed by atoms with Gasteiger partial charge in [0.2, 0.25) is 0 Å². The van der Waals surface area contributed by atoms with E-state index in [2.05, 4.69) is 126 Å². The quantitative estimate of drug-likeness (QED) is 0.186. The minimum Gasteiger partial charge on any atom is -0.309 e. The zero-order valence-corrected chi connectivity index (χ0v) is 27.6. The monoisotopic (exact) mass is 650 g/mol. The summed E-state index contributed by atoms with van der Waals surface area (Å²) < 4.78 is 2.44. The van der Waals surface area contributed by atoms with Crippen molar-refractivity contribution in [3.63, 3.8) is 0 Å². The summed E-state index contributed by atoms with van der Waals surface area (Å²) in [5.74, 6) is 1.93. The number of hydrogen-bond donors (Lipinski definition) is 0. The Hall–Kier alpha value is -6.91. The molecule has 0 amide bonds. The van der Waals surface area contributed by atoms with Gasteiger partial charge in [-0.25, -0.2) is 15.0 Å². The summed E-state index contributed by atoms with van der Waals surface area (Å²) >= 11 is 0. The molecule has 51 heavy (non-hydrogen) atoms. The van der Waals surface area contributed by atoms with Crippen LogP contribution in [-0.4, -0.2) is 19.5 Å². The lowest BCUT2D eigenvalue weighted by atomic mass is 10.0. The number of aromatic nitrogens is 4. The first-order valence-corrected chi connectivity index (χ1v) is 17.2. The highest BCUT2D eigenvalue weighted by atomic mass is 15.0. The molecule has 0 atom stereocenters. The van der Waals surface area contributed by atoms with Gasteiger partial charge in [-0.1, -0.05) is 152 Å². The van der Waals surface area contributed by atoms with Crippen molar-refractivity contribution in [2.75, 3.05) is 0 Å². The molecule has 0 saturated heterocycles. The fraction of sp³-hybridized carbons (Fsp3) is 0. The molecule has 0 saturated carbocycles. The van der Waals surface area contributed by atoms with E-state index in [4.69, 9.17) is 15.0 Å². The van der Waals surface area contributed by atoms with Crippen molar-refractivity contribution in [3.8, 4) is 51.0 Å². The third-order valence-corrected chi connectivity index (χ3v) is 9.80. The fourth-order valence-corrected chi connectivity index (χ4v) is 7.41. The Bertz CT molecular complexity index is 2850. The molecule has 8 aromatic carbocycles. The minimum atomic E-state index is 0.636. The van der Waals surface area contributed by atoms with Gasteiger partial charge in [0, 0.05) is 33.0 Å². The van der Waals surface area contributed by atoms with Gasteiger partial charge in [0.25, 0.3) is 0 Å². The lowest BCUT2D eigenvalue weighted by Gasteiger charge is -2.15. The van der Waals surface area contributed by atoms with E-state index >= 15 is 0 Å². The van der Waals surface area contributed by atoms with Crippen LogP contribution in [0.4, 0.5) is 0 Å². The van der Waals surface area contributed by atoms with Gasteiger partial charge >= 0.3 is 0 Å². The Kier molecular flexibility index (Phi) is 6.78. The van der Waals surface area contributed by atoms with Crippen LogP contribution in [0.15, 0.2) is 182 Å². The first-order valence-electron chi connectivity index (χ1n) is 17.2. The number of para-hydroxylation sites is 1. The summed E-state index contributed by atoms with van der Waals surface area (Å²) in [5.41, 5.74) is 8.52. The summed E-state index contributed by atoms with van der Waals surface area (Å²) in [6.45, 7) is 0. The minimum absolute atomic E-state index is 0.636. The van der Waals surface area contributed by atoms with Crippen molar-refractivity contribution in [2.24, 2.45) is 0 Å². The van der Waals surface area contributed by atoms with E-state index in [1.165, 1.54) is 43.4 Å². The normalized spacial score (nSPS) is 11.5. The van der Waals surface area contributed by atoms with Gasteiger partial charge in [0.05, 0.1) is 16.7 Å². The predicted octanol–water partition coefficient (Wildman–Crippen LogP) is 11.9. The maximum Gasteiger partial charge on any atom is 0.164 e. The van der Waals surface area contributed by atoms with Crippen LogP contribution in [0.2, 0.25) is 0 Å². The van der Waals surface area contributed by atoms with Crippen LogP contribution >= 0.6 is 0 Å². The number of hydrogen-bond acceptors (Lipinski definition) is 3. The average molecular weight is 651 g/mol. The Morgan fingerprint density at radius 2 is 0.882 bits per heavy atom. The summed E-state index contributed by atoms with van der Waals surface area (Å²) in [4.78, 5) is 14.9. The highest BCUT2D eigenvalue weighted by Crippen LogP contribution is 2.41. The molecule has 0 unspecified atom stereocenters. The molecular formula is C47H30N4. The van der Waals surface area contributed by atoms with E-state index in [0.29, 0.717) is 17.5 Å². The zero-order valence-electron chi connectivity index (χ0n) is 27.6. The molecule has 10 rings (SSSR count). The first kappa shape index (κ1) is 29.0. The second-order valence-corrected chi connectivity index (χ2v) is 12.9. The van der Waals surface area contributed by atoms with E-state index in [0.717, 1.165) is 33.5 Å². The standard InChI is InChI=1S/C47H30N4/c1-3-15-32(16-4-1)45-48-46(33-17-5-2-6-18-33)50-47(49-45)37-22-13-21-36(28-37)38-23-11-12-25-41(38)51-42-27-26-31-14-9-10-24-39(31)44(42)40-29-34-19-7-8-20-35(34)30-43(40)51/h1-30H. The number of benzene rings is 8. The zero-order chi connectivity index (χ0) is 33.7. The summed E-state index contributed by atoms with van der Waals surface area (Å²) in [7, 11) is 0. The third-order valence-electron chi connectivity index (χ3n) is 9.80. The second-order valence-electron chi connectivity index (χ2n) is 12.9. The largest absolute Gasteiger partial charge is 0.309 e.